The highest BCUT2D eigenvalue weighted by Gasteiger charge is 2.22. The van der Waals surface area contributed by atoms with Gasteiger partial charge >= 0.3 is 0 Å². The summed E-state index contributed by atoms with van der Waals surface area (Å²) in [5.74, 6) is 0.0429. The summed E-state index contributed by atoms with van der Waals surface area (Å²) in [5.41, 5.74) is 2.94. The number of hydrogen-bond acceptors (Lipinski definition) is 4. The van der Waals surface area contributed by atoms with Gasteiger partial charge in [-0.2, -0.15) is 0 Å². The maximum absolute atomic E-state index is 11.5. The standard InChI is InChI=1S/C13H18N2O3/c1-9(17)15-5-4-10-2-3-11(6-13(10)15)14-7-12(18)8-16/h2-3,6,12,14,16,18H,4-5,7-8H2,1H3. The minimum atomic E-state index is -0.776. The Bertz CT molecular complexity index is 448. The van der Waals surface area contributed by atoms with E-state index in [9.17, 15) is 9.90 Å². The molecule has 1 unspecified atom stereocenters. The van der Waals surface area contributed by atoms with Crippen LogP contribution in [0.4, 0.5) is 11.4 Å². The number of aliphatic hydroxyl groups is 2. The fourth-order valence-corrected chi connectivity index (χ4v) is 2.12. The molecule has 1 amide bonds. The van der Waals surface area contributed by atoms with Crippen molar-refractivity contribution in [3.8, 4) is 0 Å². The van der Waals surface area contributed by atoms with Crippen molar-refractivity contribution >= 4 is 17.3 Å². The summed E-state index contributed by atoms with van der Waals surface area (Å²) >= 11 is 0. The summed E-state index contributed by atoms with van der Waals surface area (Å²) in [5, 5.41) is 21.1. The topological polar surface area (TPSA) is 72.8 Å². The second-order valence-electron chi connectivity index (χ2n) is 4.48. The molecule has 18 heavy (non-hydrogen) atoms. The van der Waals surface area contributed by atoms with E-state index >= 15 is 0 Å². The third-order valence-corrected chi connectivity index (χ3v) is 3.11. The number of rotatable bonds is 4. The van der Waals surface area contributed by atoms with Crippen LogP contribution in [-0.4, -0.2) is 41.9 Å². The molecule has 0 aromatic heterocycles. The van der Waals surface area contributed by atoms with Crippen LogP contribution < -0.4 is 10.2 Å². The SMILES string of the molecule is CC(=O)N1CCc2ccc(NCC(O)CO)cc21. The van der Waals surface area contributed by atoms with Crippen LogP contribution in [0.1, 0.15) is 12.5 Å². The number of nitrogens with zero attached hydrogens (tertiary/aromatic N) is 1. The van der Waals surface area contributed by atoms with Crippen LogP contribution in [0.15, 0.2) is 18.2 Å². The van der Waals surface area contributed by atoms with Gasteiger partial charge in [-0.05, 0) is 24.1 Å². The Morgan fingerprint density at radius 1 is 1.56 bits per heavy atom. The molecule has 98 valence electrons. The first-order chi connectivity index (χ1) is 8.61. The molecule has 0 radical (unpaired) electrons. The van der Waals surface area contributed by atoms with Gasteiger partial charge < -0.3 is 20.4 Å². The quantitative estimate of drug-likeness (QED) is 0.721. The van der Waals surface area contributed by atoms with E-state index in [-0.39, 0.29) is 19.1 Å². The van der Waals surface area contributed by atoms with Gasteiger partial charge in [0, 0.05) is 31.4 Å². The lowest BCUT2D eigenvalue weighted by Crippen LogP contribution is -2.26. The normalized spacial score (nSPS) is 15.4. The van der Waals surface area contributed by atoms with Gasteiger partial charge in [-0.25, -0.2) is 0 Å². The molecule has 0 aliphatic carbocycles. The molecule has 0 bridgehead atoms. The van der Waals surface area contributed by atoms with Gasteiger partial charge in [0.15, 0.2) is 0 Å². The molecule has 1 aromatic rings. The van der Waals surface area contributed by atoms with E-state index in [2.05, 4.69) is 5.32 Å². The minimum absolute atomic E-state index is 0.0429. The molecule has 5 heteroatoms. The molecule has 5 nitrogen and oxygen atoms in total. The number of aliphatic hydroxyl groups excluding tert-OH is 2. The lowest BCUT2D eigenvalue weighted by atomic mass is 10.1. The van der Waals surface area contributed by atoms with Crippen LogP contribution in [0.25, 0.3) is 0 Å². The van der Waals surface area contributed by atoms with E-state index in [0.717, 1.165) is 24.3 Å². The maximum Gasteiger partial charge on any atom is 0.223 e. The fraction of sp³-hybridized carbons (Fsp3) is 0.462. The van der Waals surface area contributed by atoms with Crippen LogP contribution in [0, 0.1) is 0 Å². The molecule has 1 heterocycles. The highest BCUT2D eigenvalue weighted by molar-refractivity contribution is 5.94. The molecule has 0 saturated carbocycles. The lowest BCUT2D eigenvalue weighted by molar-refractivity contribution is -0.116. The van der Waals surface area contributed by atoms with Gasteiger partial charge in [-0.1, -0.05) is 6.07 Å². The Morgan fingerprint density at radius 3 is 3.00 bits per heavy atom. The molecule has 1 aliphatic heterocycles. The molecule has 2 rings (SSSR count). The summed E-state index contributed by atoms with van der Waals surface area (Å²) in [4.78, 5) is 13.2. The third kappa shape index (κ3) is 2.63. The summed E-state index contributed by atoms with van der Waals surface area (Å²) in [6, 6.07) is 5.83. The second-order valence-corrected chi connectivity index (χ2v) is 4.48. The van der Waals surface area contributed by atoms with Crippen LogP contribution >= 0.6 is 0 Å². The first-order valence-corrected chi connectivity index (χ1v) is 6.05. The summed E-state index contributed by atoms with van der Waals surface area (Å²) < 4.78 is 0. The van der Waals surface area contributed by atoms with Crippen LogP contribution in [0.2, 0.25) is 0 Å². The molecule has 0 saturated heterocycles. The van der Waals surface area contributed by atoms with Crippen molar-refractivity contribution in [1.82, 2.24) is 0 Å². The number of anilines is 2. The summed E-state index contributed by atoms with van der Waals surface area (Å²) in [6.45, 7) is 2.31. The second kappa shape index (κ2) is 5.37. The molecular formula is C13H18N2O3. The zero-order valence-corrected chi connectivity index (χ0v) is 10.4. The number of nitrogens with one attached hydrogen (secondary N) is 1. The number of carbonyl (C=O) groups is 1. The Labute approximate surface area is 106 Å². The van der Waals surface area contributed by atoms with Crippen molar-refractivity contribution in [1.29, 1.82) is 0 Å². The zero-order valence-electron chi connectivity index (χ0n) is 10.4. The van der Waals surface area contributed by atoms with Gasteiger partial charge in [0.25, 0.3) is 0 Å². The molecule has 0 fully saturated rings. The van der Waals surface area contributed by atoms with Gasteiger partial charge in [0.05, 0.1) is 12.7 Å². The van der Waals surface area contributed by atoms with E-state index < -0.39 is 6.10 Å². The predicted octanol–water partition coefficient (Wildman–Crippen LogP) is 0.361. The molecule has 0 spiro atoms. The Hall–Kier alpha value is -1.59. The van der Waals surface area contributed by atoms with Gasteiger partial charge in [0.2, 0.25) is 5.91 Å². The first-order valence-electron chi connectivity index (χ1n) is 6.05. The maximum atomic E-state index is 11.5. The highest BCUT2D eigenvalue weighted by atomic mass is 16.3. The van der Waals surface area contributed by atoms with E-state index in [1.54, 1.807) is 11.8 Å². The fourth-order valence-electron chi connectivity index (χ4n) is 2.12. The van der Waals surface area contributed by atoms with Crippen molar-refractivity contribution in [3.63, 3.8) is 0 Å². The molecule has 3 N–H and O–H groups in total. The van der Waals surface area contributed by atoms with Crippen molar-refractivity contribution in [2.75, 3.05) is 29.9 Å². The van der Waals surface area contributed by atoms with E-state index in [1.165, 1.54) is 5.56 Å². The number of amides is 1. The van der Waals surface area contributed by atoms with E-state index in [1.807, 2.05) is 18.2 Å². The third-order valence-electron chi connectivity index (χ3n) is 3.11. The monoisotopic (exact) mass is 250 g/mol. The predicted molar refractivity (Wildman–Crippen MR) is 69.8 cm³/mol. The lowest BCUT2D eigenvalue weighted by Gasteiger charge is -2.16. The zero-order chi connectivity index (χ0) is 13.1. The van der Waals surface area contributed by atoms with Crippen molar-refractivity contribution in [2.45, 2.75) is 19.4 Å². The molecule has 1 aromatic carbocycles. The minimum Gasteiger partial charge on any atom is -0.394 e. The molecule has 1 atom stereocenters. The van der Waals surface area contributed by atoms with Gasteiger partial charge in [-0.3, -0.25) is 4.79 Å². The van der Waals surface area contributed by atoms with Crippen molar-refractivity contribution < 1.29 is 15.0 Å². The summed E-state index contributed by atoms with van der Waals surface area (Å²) in [7, 11) is 0. The largest absolute Gasteiger partial charge is 0.394 e. The number of fused-ring (bicyclic) bond motifs is 1. The Morgan fingerprint density at radius 2 is 2.33 bits per heavy atom. The van der Waals surface area contributed by atoms with Gasteiger partial charge in [0.1, 0.15) is 0 Å². The summed E-state index contributed by atoms with van der Waals surface area (Å²) in [6.07, 6.45) is 0.108. The molecular weight excluding hydrogens is 232 g/mol. The smallest absolute Gasteiger partial charge is 0.223 e. The van der Waals surface area contributed by atoms with Crippen LogP contribution in [0.5, 0.6) is 0 Å². The number of benzene rings is 1. The van der Waals surface area contributed by atoms with Crippen molar-refractivity contribution in [3.05, 3.63) is 23.8 Å². The Balaban J connectivity index is 2.11. The number of hydrogen-bond donors (Lipinski definition) is 3. The van der Waals surface area contributed by atoms with Crippen molar-refractivity contribution in [2.24, 2.45) is 0 Å². The van der Waals surface area contributed by atoms with Crippen LogP contribution in [0.3, 0.4) is 0 Å². The number of carbonyl (C=O) groups excluding carboxylic acids is 1. The Kier molecular flexibility index (Phi) is 3.84. The average Bonchev–Trinajstić information content (AvgIpc) is 2.78. The van der Waals surface area contributed by atoms with E-state index in [0.29, 0.717) is 0 Å². The van der Waals surface area contributed by atoms with Crippen LogP contribution in [-0.2, 0) is 11.2 Å². The average molecular weight is 250 g/mol. The molecule has 1 aliphatic rings. The first kappa shape index (κ1) is 12.9. The van der Waals surface area contributed by atoms with E-state index in [4.69, 9.17) is 5.11 Å². The highest BCUT2D eigenvalue weighted by Crippen LogP contribution is 2.30. The van der Waals surface area contributed by atoms with Gasteiger partial charge in [-0.15, -0.1) is 0 Å².